The lowest BCUT2D eigenvalue weighted by Gasteiger charge is -2.38. The first-order valence-electron chi connectivity index (χ1n) is 12.1. The van der Waals surface area contributed by atoms with E-state index in [9.17, 15) is 0 Å². The summed E-state index contributed by atoms with van der Waals surface area (Å²) in [5.74, 6) is 3.60. The predicted molar refractivity (Wildman–Crippen MR) is 141 cm³/mol. The lowest BCUT2D eigenvalue weighted by molar-refractivity contribution is 0.180. The maximum Gasteiger partial charge on any atom is 0.165 e. The summed E-state index contributed by atoms with van der Waals surface area (Å²) in [5.41, 5.74) is 7.85. The maximum atomic E-state index is 5.66. The Morgan fingerprint density at radius 3 is 2.41 bits per heavy atom. The number of hydrogen-bond acceptors (Lipinski definition) is 4. The molecule has 0 spiro atoms. The minimum absolute atomic E-state index is 0.372. The zero-order valence-electron chi connectivity index (χ0n) is 20.8. The Kier molecular flexibility index (Phi) is 6.70. The van der Waals surface area contributed by atoms with Crippen LogP contribution in [0.25, 0.3) is 28.0 Å². The fraction of sp³-hybridized carbons (Fsp3) is 0.345. The van der Waals surface area contributed by atoms with E-state index in [1.165, 1.54) is 19.3 Å². The van der Waals surface area contributed by atoms with Crippen molar-refractivity contribution in [1.82, 2.24) is 19.6 Å². The first-order chi connectivity index (χ1) is 16.4. The van der Waals surface area contributed by atoms with E-state index in [0.717, 1.165) is 57.3 Å². The highest BCUT2D eigenvalue weighted by Gasteiger charge is 2.31. The molecule has 5 heteroatoms. The summed E-state index contributed by atoms with van der Waals surface area (Å²) >= 11 is 0. The molecule has 0 radical (unpaired) electrons. The van der Waals surface area contributed by atoms with Crippen molar-refractivity contribution in [3.8, 4) is 34.7 Å². The average Bonchev–Trinajstić information content (AvgIpc) is 3.21. The Morgan fingerprint density at radius 1 is 1.03 bits per heavy atom. The summed E-state index contributed by atoms with van der Waals surface area (Å²) < 4.78 is 1.86. The van der Waals surface area contributed by atoms with Crippen molar-refractivity contribution in [3.63, 3.8) is 0 Å². The molecule has 174 valence electrons. The molecule has 3 aromatic heterocycles. The van der Waals surface area contributed by atoms with Crippen LogP contribution in [0, 0.1) is 31.6 Å². The smallest absolute Gasteiger partial charge is 0.165 e. The molecule has 0 atom stereocenters. The van der Waals surface area contributed by atoms with Gasteiger partial charge in [-0.25, -0.2) is 9.50 Å². The zero-order valence-corrected chi connectivity index (χ0v) is 20.8. The van der Waals surface area contributed by atoms with Crippen molar-refractivity contribution in [2.45, 2.75) is 53.9 Å². The van der Waals surface area contributed by atoms with Gasteiger partial charge >= 0.3 is 0 Å². The molecule has 0 aliphatic heterocycles. The monoisotopic (exact) mass is 451 g/mol. The van der Waals surface area contributed by atoms with Gasteiger partial charge in [0.05, 0.1) is 5.56 Å². The molecule has 5 rings (SSSR count). The third-order valence-corrected chi connectivity index (χ3v) is 6.41. The number of rotatable bonds is 5. The number of terminal acetylenes is 1. The lowest BCUT2D eigenvalue weighted by atomic mass is 9.70. The van der Waals surface area contributed by atoms with Gasteiger partial charge in [0.1, 0.15) is 11.5 Å². The molecular formula is C29H33N5. The van der Waals surface area contributed by atoms with Crippen molar-refractivity contribution >= 4 is 11.5 Å². The zero-order chi connectivity index (χ0) is 24.3. The van der Waals surface area contributed by atoms with E-state index < -0.39 is 0 Å². The van der Waals surface area contributed by atoms with Crippen molar-refractivity contribution in [2.75, 3.05) is 11.9 Å². The molecule has 1 aliphatic carbocycles. The van der Waals surface area contributed by atoms with Gasteiger partial charge in [-0.1, -0.05) is 45.2 Å². The van der Waals surface area contributed by atoms with Gasteiger partial charge in [0.2, 0.25) is 0 Å². The summed E-state index contributed by atoms with van der Waals surface area (Å²) in [4.78, 5) is 9.55. The summed E-state index contributed by atoms with van der Waals surface area (Å²) in [6.07, 6.45) is 11.5. The minimum Gasteiger partial charge on any atom is -0.369 e. The summed E-state index contributed by atoms with van der Waals surface area (Å²) in [6.45, 7) is 11.3. The molecule has 0 bridgehead atoms. The highest BCUT2D eigenvalue weighted by Crippen LogP contribution is 2.40. The van der Waals surface area contributed by atoms with E-state index in [2.05, 4.69) is 35.3 Å². The third kappa shape index (κ3) is 4.68. The fourth-order valence-corrected chi connectivity index (χ4v) is 4.49. The number of hydrogen-bond donors (Lipinski definition) is 1. The number of pyridine rings is 1. The van der Waals surface area contributed by atoms with Gasteiger partial charge in [-0.15, -0.1) is 6.42 Å². The van der Waals surface area contributed by atoms with Crippen LogP contribution in [0.5, 0.6) is 0 Å². The van der Waals surface area contributed by atoms with Crippen LogP contribution in [0.4, 0.5) is 5.82 Å². The van der Waals surface area contributed by atoms with Gasteiger partial charge in [-0.2, -0.15) is 5.10 Å². The number of nitrogens with zero attached hydrogens (tertiary/aromatic N) is 4. The second kappa shape index (κ2) is 9.69. The van der Waals surface area contributed by atoms with Crippen molar-refractivity contribution < 1.29 is 0 Å². The molecule has 1 N–H and O–H groups in total. The van der Waals surface area contributed by atoms with Crippen LogP contribution >= 0.6 is 0 Å². The van der Waals surface area contributed by atoms with Crippen LogP contribution in [0.15, 0.2) is 48.7 Å². The van der Waals surface area contributed by atoms with Crippen LogP contribution in [0.3, 0.4) is 0 Å². The molecule has 0 amide bonds. The molecule has 1 fully saturated rings. The predicted octanol–water partition coefficient (Wildman–Crippen LogP) is 6.68. The molecule has 1 saturated carbocycles. The molecule has 0 unspecified atom stereocenters. The Bertz CT molecular complexity index is 1330. The first kappa shape index (κ1) is 23.5. The van der Waals surface area contributed by atoms with Crippen LogP contribution in [-0.2, 0) is 0 Å². The van der Waals surface area contributed by atoms with E-state index in [1.807, 2.05) is 68.7 Å². The normalized spacial score (nSPS) is 14.0. The van der Waals surface area contributed by atoms with Gasteiger partial charge in [-0.05, 0) is 68.0 Å². The maximum absolute atomic E-state index is 5.66. The molecule has 5 nitrogen and oxygen atoms in total. The minimum atomic E-state index is 0.372. The molecule has 4 aromatic rings. The topological polar surface area (TPSA) is 55.1 Å². The molecule has 1 aromatic carbocycles. The second-order valence-corrected chi connectivity index (χ2v) is 9.19. The standard InChI is InChI=1S/C27H27N5.C2H6/c1-5-20-8-6-9-21(16-20)25-24(22-14-18(2)29-19(3)15-22)26-30-23(10-13-32(26)31-25)28-17-27(4)11-7-12-27;1-2/h1,6,8-10,13-16H,7,11-12,17H2,2-4H3,(H,28,30);1-2H3. The lowest BCUT2D eigenvalue weighted by Crippen LogP contribution is -2.33. The number of benzene rings is 1. The van der Waals surface area contributed by atoms with E-state index in [0.29, 0.717) is 5.41 Å². The Labute approximate surface area is 202 Å². The van der Waals surface area contributed by atoms with Crippen LogP contribution in [-0.4, -0.2) is 26.1 Å². The number of aryl methyl sites for hydroxylation is 2. The highest BCUT2D eigenvalue weighted by molar-refractivity contribution is 5.91. The quantitative estimate of drug-likeness (QED) is 0.344. The Balaban J connectivity index is 0.00000133. The van der Waals surface area contributed by atoms with Crippen molar-refractivity contribution in [1.29, 1.82) is 0 Å². The highest BCUT2D eigenvalue weighted by atomic mass is 15.3. The average molecular weight is 452 g/mol. The van der Waals surface area contributed by atoms with Crippen molar-refractivity contribution in [3.05, 3.63) is 65.6 Å². The number of nitrogens with one attached hydrogen (secondary N) is 1. The molecule has 3 heterocycles. The van der Waals surface area contributed by atoms with Gasteiger partial charge in [-0.3, -0.25) is 4.98 Å². The SMILES string of the molecule is C#Cc1cccc(-c2nn3ccc(NCC4(C)CCC4)nc3c2-c2cc(C)nc(C)c2)c1.CC. The Hall–Kier alpha value is -3.65. The third-order valence-electron chi connectivity index (χ3n) is 6.41. The van der Waals surface area contributed by atoms with Gasteiger partial charge in [0, 0.05) is 35.3 Å². The van der Waals surface area contributed by atoms with Gasteiger partial charge in [0.25, 0.3) is 0 Å². The second-order valence-electron chi connectivity index (χ2n) is 9.19. The van der Waals surface area contributed by atoms with E-state index in [-0.39, 0.29) is 0 Å². The fourth-order valence-electron chi connectivity index (χ4n) is 4.49. The summed E-state index contributed by atoms with van der Waals surface area (Å²) in [7, 11) is 0. The van der Waals surface area contributed by atoms with Crippen LogP contribution in [0.1, 0.15) is 57.0 Å². The first-order valence-corrected chi connectivity index (χ1v) is 12.1. The summed E-state index contributed by atoms with van der Waals surface area (Å²) in [6, 6.07) is 14.1. The van der Waals surface area contributed by atoms with Crippen LogP contribution < -0.4 is 5.32 Å². The van der Waals surface area contributed by atoms with Crippen LogP contribution in [0.2, 0.25) is 0 Å². The van der Waals surface area contributed by atoms with E-state index in [1.54, 1.807) is 0 Å². The molecule has 34 heavy (non-hydrogen) atoms. The summed E-state index contributed by atoms with van der Waals surface area (Å²) in [5, 5.41) is 8.47. The number of fused-ring (bicyclic) bond motifs is 1. The number of anilines is 1. The molecule has 1 aliphatic rings. The molecular weight excluding hydrogens is 418 g/mol. The largest absolute Gasteiger partial charge is 0.369 e. The Morgan fingerprint density at radius 2 is 1.76 bits per heavy atom. The van der Waals surface area contributed by atoms with E-state index >= 15 is 0 Å². The van der Waals surface area contributed by atoms with Gasteiger partial charge < -0.3 is 5.32 Å². The van der Waals surface area contributed by atoms with Crippen molar-refractivity contribution in [2.24, 2.45) is 5.41 Å². The van der Waals surface area contributed by atoms with Gasteiger partial charge in [0.15, 0.2) is 5.65 Å². The molecule has 0 saturated heterocycles. The van der Waals surface area contributed by atoms with E-state index in [4.69, 9.17) is 16.5 Å². The number of aromatic nitrogens is 4.